The van der Waals surface area contributed by atoms with Crippen molar-refractivity contribution in [2.24, 2.45) is 0 Å². The van der Waals surface area contributed by atoms with E-state index in [4.69, 9.17) is 11.6 Å². The first kappa shape index (κ1) is 17.0. The van der Waals surface area contributed by atoms with Crippen LogP contribution in [-0.2, 0) is 11.2 Å². The van der Waals surface area contributed by atoms with Crippen LogP contribution < -0.4 is 5.32 Å². The molecule has 4 heteroatoms. The summed E-state index contributed by atoms with van der Waals surface area (Å²) in [5.41, 5.74) is 0.995. The highest BCUT2D eigenvalue weighted by atomic mass is 35.5. The summed E-state index contributed by atoms with van der Waals surface area (Å²) in [5.74, 6) is 0.0789. The Kier molecular flexibility index (Phi) is 8.31. The molecule has 0 saturated heterocycles. The van der Waals surface area contributed by atoms with Crippen LogP contribution in [0.5, 0.6) is 0 Å². The maximum absolute atomic E-state index is 11.8. The molecule has 0 unspecified atom stereocenters. The predicted octanol–water partition coefficient (Wildman–Crippen LogP) is 3.12. The van der Waals surface area contributed by atoms with E-state index >= 15 is 0 Å². The van der Waals surface area contributed by atoms with Crippen molar-refractivity contribution in [2.75, 3.05) is 26.2 Å². The molecule has 0 radical (unpaired) electrons. The zero-order valence-electron chi connectivity index (χ0n) is 12.5. The van der Waals surface area contributed by atoms with Crippen molar-refractivity contribution in [1.82, 2.24) is 10.2 Å². The number of rotatable bonds is 9. The molecule has 0 saturated carbocycles. The second-order valence-electron chi connectivity index (χ2n) is 4.89. The fourth-order valence-electron chi connectivity index (χ4n) is 2.08. The lowest BCUT2D eigenvalue weighted by Gasteiger charge is -2.17. The van der Waals surface area contributed by atoms with E-state index in [2.05, 4.69) is 24.1 Å². The Morgan fingerprint density at radius 1 is 1.15 bits per heavy atom. The highest BCUT2D eigenvalue weighted by Crippen LogP contribution is 2.09. The number of nitrogens with one attached hydrogen (secondary N) is 1. The SMILES string of the molecule is CCN(CC)CCCCNC(=O)Cc1ccc(Cl)cc1. The number of carbonyl (C=O) groups excluding carboxylic acids is 1. The van der Waals surface area contributed by atoms with Gasteiger partial charge in [-0.05, 0) is 50.2 Å². The molecular formula is C16H25ClN2O. The highest BCUT2D eigenvalue weighted by Gasteiger charge is 2.03. The van der Waals surface area contributed by atoms with Crippen LogP contribution in [0.1, 0.15) is 32.3 Å². The molecule has 0 aliphatic carbocycles. The standard InChI is InChI=1S/C16H25ClN2O/c1-3-19(4-2)12-6-5-11-18-16(20)13-14-7-9-15(17)10-8-14/h7-10H,3-6,11-13H2,1-2H3,(H,18,20). The normalized spacial score (nSPS) is 10.8. The van der Waals surface area contributed by atoms with E-state index < -0.39 is 0 Å². The zero-order chi connectivity index (χ0) is 14.8. The number of carbonyl (C=O) groups is 1. The number of amides is 1. The fourth-order valence-corrected chi connectivity index (χ4v) is 2.20. The lowest BCUT2D eigenvalue weighted by atomic mass is 10.1. The summed E-state index contributed by atoms with van der Waals surface area (Å²) < 4.78 is 0. The van der Waals surface area contributed by atoms with Crippen LogP contribution in [0, 0.1) is 0 Å². The van der Waals surface area contributed by atoms with Gasteiger partial charge in [-0.15, -0.1) is 0 Å². The molecule has 0 fully saturated rings. The molecule has 0 atom stereocenters. The smallest absolute Gasteiger partial charge is 0.224 e. The number of hydrogen-bond acceptors (Lipinski definition) is 2. The minimum atomic E-state index is 0.0789. The second-order valence-corrected chi connectivity index (χ2v) is 5.32. The van der Waals surface area contributed by atoms with Crippen molar-refractivity contribution >= 4 is 17.5 Å². The molecule has 20 heavy (non-hydrogen) atoms. The van der Waals surface area contributed by atoms with Gasteiger partial charge in [-0.2, -0.15) is 0 Å². The van der Waals surface area contributed by atoms with E-state index in [9.17, 15) is 4.79 Å². The minimum absolute atomic E-state index is 0.0789. The number of nitrogens with zero attached hydrogens (tertiary/aromatic N) is 1. The van der Waals surface area contributed by atoms with Crippen molar-refractivity contribution in [3.63, 3.8) is 0 Å². The summed E-state index contributed by atoms with van der Waals surface area (Å²) in [5, 5.41) is 3.66. The summed E-state index contributed by atoms with van der Waals surface area (Å²) in [4.78, 5) is 14.2. The van der Waals surface area contributed by atoms with Gasteiger partial charge in [0.1, 0.15) is 0 Å². The summed E-state index contributed by atoms with van der Waals surface area (Å²) in [6.45, 7) is 8.42. The van der Waals surface area contributed by atoms with Gasteiger partial charge >= 0.3 is 0 Å². The molecule has 1 N–H and O–H groups in total. The van der Waals surface area contributed by atoms with E-state index in [1.54, 1.807) is 0 Å². The third-order valence-electron chi connectivity index (χ3n) is 3.40. The van der Waals surface area contributed by atoms with Crippen molar-refractivity contribution in [2.45, 2.75) is 33.1 Å². The second kappa shape index (κ2) is 9.78. The van der Waals surface area contributed by atoms with E-state index in [1.165, 1.54) is 0 Å². The maximum Gasteiger partial charge on any atom is 0.224 e. The molecule has 1 aromatic rings. The first-order valence-electron chi connectivity index (χ1n) is 7.39. The van der Waals surface area contributed by atoms with Crippen LogP contribution in [0.15, 0.2) is 24.3 Å². The average molecular weight is 297 g/mol. The van der Waals surface area contributed by atoms with Gasteiger partial charge in [0.15, 0.2) is 0 Å². The Labute approximate surface area is 127 Å². The van der Waals surface area contributed by atoms with Gasteiger partial charge in [0.25, 0.3) is 0 Å². The lowest BCUT2D eigenvalue weighted by Crippen LogP contribution is -2.28. The van der Waals surface area contributed by atoms with Crippen LogP contribution >= 0.6 is 11.6 Å². The molecule has 3 nitrogen and oxygen atoms in total. The van der Waals surface area contributed by atoms with E-state index in [-0.39, 0.29) is 5.91 Å². The Balaban J connectivity index is 2.13. The first-order chi connectivity index (χ1) is 9.65. The minimum Gasteiger partial charge on any atom is -0.356 e. The quantitative estimate of drug-likeness (QED) is 0.710. The monoisotopic (exact) mass is 296 g/mol. The molecule has 1 amide bonds. The van der Waals surface area contributed by atoms with E-state index in [0.29, 0.717) is 11.4 Å². The van der Waals surface area contributed by atoms with Gasteiger partial charge < -0.3 is 10.2 Å². The first-order valence-corrected chi connectivity index (χ1v) is 7.77. The topological polar surface area (TPSA) is 32.3 Å². The Morgan fingerprint density at radius 2 is 1.80 bits per heavy atom. The van der Waals surface area contributed by atoms with Crippen LogP contribution in [0.3, 0.4) is 0 Å². The largest absolute Gasteiger partial charge is 0.356 e. The molecule has 112 valence electrons. The summed E-state index contributed by atoms with van der Waals surface area (Å²) in [7, 11) is 0. The van der Waals surface area contributed by atoms with Gasteiger partial charge in [-0.3, -0.25) is 4.79 Å². The molecular weight excluding hydrogens is 272 g/mol. The van der Waals surface area contributed by atoms with Crippen molar-refractivity contribution in [3.8, 4) is 0 Å². The molecule has 0 heterocycles. The molecule has 0 aromatic heterocycles. The van der Waals surface area contributed by atoms with Crippen LogP contribution in [0.25, 0.3) is 0 Å². The predicted molar refractivity (Wildman–Crippen MR) is 85.2 cm³/mol. The highest BCUT2D eigenvalue weighted by molar-refractivity contribution is 6.30. The van der Waals surface area contributed by atoms with Gasteiger partial charge in [-0.25, -0.2) is 0 Å². The third-order valence-corrected chi connectivity index (χ3v) is 3.65. The van der Waals surface area contributed by atoms with Gasteiger partial charge in [0.05, 0.1) is 6.42 Å². The van der Waals surface area contributed by atoms with E-state index in [0.717, 1.165) is 44.6 Å². The zero-order valence-corrected chi connectivity index (χ0v) is 13.2. The number of unbranched alkanes of at least 4 members (excludes halogenated alkanes) is 1. The Hall–Kier alpha value is -1.06. The summed E-state index contributed by atoms with van der Waals surface area (Å²) >= 11 is 5.81. The number of benzene rings is 1. The van der Waals surface area contributed by atoms with E-state index in [1.807, 2.05) is 24.3 Å². The van der Waals surface area contributed by atoms with Crippen molar-refractivity contribution < 1.29 is 4.79 Å². The Morgan fingerprint density at radius 3 is 2.40 bits per heavy atom. The molecule has 0 aliphatic heterocycles. The Bertz CT molecular complexity index is 388. The van der Waals surface area contributed by atoms with Gasteiger partial charge in [0.2, 0.25) is 5.91 Å². The van der Waals surface area contributed by atoms with Crippen molar-refractivity contribution in [1.29, 1.82) is 0 Å². The molecule has 0 spiro atoms. The fraction of sp³-hybridized carbons (Fsp3) is 0.562. The van der Waals surface area contributed by atoms with Crippen molar-refractivity contribution in [3.05, 3.63) is 34.9 Å². The van der Waals surface area contributed by atoms with Crippen LogP contribution in [0.2, 0.25) is 5.02 Å². The number of halogens is 1. The summed E-state index contributed by atoms with van der Waals surface area (Å²) in [6.07, 6.45) is 2.58. The lowest BCUT2D eigenvalue weighted by molar-refractivity contribution is -0.120. The molecule has 0 aliphatic rings. The van der Waals surface area contributed by atoms with Crippen LogP contribution in [-0.4, -0.2) is 37.0 Å². The molecule has 0 bridgehead atoms. The van der Waals surface area contributed by atoms with Gasteiger partial charge in [-0.1, -0.05) is 37.6 Å². The average Bonchev–Trinajstić information content (AvgIpc) is 2.45. The third kappa shape index (κ3) is 6.92. The maximum atomic E-state index is 11.8. The molecule has 1 aromatic carbocycles. The molecule has 1 rings (SSSR count). The summed E-state index contributed by atoms with van der Waals surface area (Å²) in [6, 6.07) is 7.41. The number of hydrogen-bond donors (Lipinski definition) is 1. The van der Waals surface area contributed by atoms with Gasteiger partial charge in [0, 0.05) is 11.6 Å². The van der Waals surface area contributed by atoms with Crippen LogP contribution in [0.4, 0.5) is 0 Å².